The van der Waals surface area contributed by atoms with E-state index in [-0.39, 0.29) is 41.0 Å². The summed E-state index contributed by atoms with van der Waals surface area (Å²) in [4.78, 5) is 47.1. The van der Waals surface area contributed by atoms with Crippen molar-refractivity contribution in [1.29, 1.82) is 0 Å². The molecule has 42 heavy (non-hydrogen) atoms. The van der Waals surface area contributed by atoms with Crippen molar-refractivity contribution in [1.82, 2.24) is 14.5 Å². The van der Waals surface area contributed by atoms with Crippen LogP contribution < -0.4 is 25.2 Å². The molecule has 2 aliphatic carbocycles. The number of nitrogens with one attached hydrogen (secondary N) is 1. The van der Waals surface area contributed by atoms with Gasteiger partial charge in [-0.15, -0.1) is 0 Å². The molecular weight excluding hydrogens is 542 g/mol. The van der Waals surface area contributed by atoms with Crippen LogP contribution in [-0.4, -0.2) is 69.5 Å². The summed E-state index contributed by atoms with van der Waals surface area (Å²) in [7, 11) is 2.02. The molecule has 12 nitrogen and oxygen atoms in total. The number of aliphatic carboxylic acids is 1. The molecule has 2 unspecified atom stereocenters. The van der Waals surface area contributed by atoms with Gasteiger partial charge in [-0.25, -0.2) is 4.79 Å². The lowest BCUT2D eigenvalue weighted by Gasteiger charge is -2.56. The third-order valence-corrected chi connectivity index (χ3v) is 9.58. The molecule has 2 saturated carbocycles. The van der Waals surface area contributed by atoms with E-state index >= 15 is 0 Å². The number of carbonyl (C=O) groups excluding carboxylic acids is 1. The fraction of sp³-hybridized carbons (Fsp3) is 0.500. The monoisotopic (exact) mass is 575 g/mol. The smallest absolute Gasteiger partial charge is 0.332 e. The van der Waals surface area contributed by atoms with Crippen LogP contribution in [0.3, 0.4) is 0 Å². The van der Waals surface area contributed by atoms with Crippen molar-refractivity contribution in [2.24, 2.45) is 11.8 Å². The minimum atomic E-state index is -0.787. The molecule has 6 heterocycles. The number of anilines is 2. The summed E-state index contributed by atoms with van der Waals surface area (Å²) >= 11 is 0. The van der Waals surface area contributed by atoms with Crippen molar-refractivity contribution in [3.05, 3.63) is 46.9 Å². The van der Waals surface area contributed by atoms with E-state index in [4.69, 9.17) is 19.3 Å². The molecule has 0 radical (unpaired) electrons. The molecular formula is C30H33N5O7. The van der Waals surface area contributed by atoms with Gasteiger partial charge in [0.15, 0.2) is 0 Å². The minimum absolute atomic E-state index is 0.00810. The summed E-state index contributed by atoms with van der Waals surface area (Å²) in [6.07, 6.45) is 6.49. The zero-order chi connectivity index (χ0) is 29.1. The maximum atomic E-state index is 13.0. The number of nitrogens with zero attached hydrogens (tertiary/aromatic N) is 4. The van der Waals surface area contributed by atoms with Crippen LogP contribution in [0.5, 0.6) is 11.6 Å². The van der Waals surface area contributed by atoms with Crippen molar-refractivity contribution in [2.75, 3.05) is 37.0 Å². The first-order valence-electron chi connectivity index (χ1n) is 14.4. The number of carboxylic acid groups (broad SMARTS) is 1. The highest BCUT2D eigenvalue weighted by molar-refractivity contribution is 5.82. The topological polar surface area (TPSA) is 145 Å². The van der Waals surface area contributed by atoms with Crippen molar-refractivity contribution in [3.63, 3.8) is 0 Å². The van der Waals surface area contributed by atoms with E-state index in [1.807, 2.05) is 25.2 Å². The quantitative estimate of drug-likeness (QED) is 0.363. The number of esters is 1. The lowest BCUT2D eigenvalue weighted by molar-refractivity contribution is -0.158. The molecule has 4 fully saturated rings. The number of aromatic nitrogens is 3. The molecule has 3 aromatic heterocycles. The Morgan fingerprint density at radius 2 is 2.05 bits per heavy atom. The zero-order valence-corrected chi connectivity index (χ0v) is 23.4. The molecule has 2 saturated heterocycles. The van der Waals surface area contributed by atoms with Gasteiger partial charge in [-0.05, 0) is 56.7 Å². The van der Waals surface area contributed by atoms with Gasteiger partial charge >= 0.3 is 11.9 Å². The Labute approximate surface area is 241 Å². The highest BCUT2D eigenvalue weighted by atomic mass is 16.5. The van der Waals surface area contributed by atoms with Gasteiger partial charge in [-0.2, -0.15) is 4.98 Å². The van der Waals surface area contributed by atoms with Gasteiger partial charge in [0.05, 0.1) is 53.2 Å². The van der Waals surface area contributed by atoms with Crippen LogP contribution in [0.4, 0.5) is 11.5 Å². The van der Waals surface area contributed by atoms with Crippen LogP contribution in [0.25, 0.3) is 11.0 Å². The number of hydrogen-bond acceptors (Lipinski definition) is 10. The summed E-state index contributed by atoms with van der Waals surface area (Å²) in [5.74, 6) is 0.0846. The standard InChI is InChI=1S/C30H33N5O7/c1-34(24-4-2-22-27(33-24)42-26(37)15-32-22)29-6-8-30(9-7-29,41-17-29)10-11-35-23-13-19(14-31-21(23)3-5-25(35)36)40-16-18-12-20(18)28(38)39/h2-5,13-14,18,20,32H,6-12,15-17H2,1H3,(H,38,39). The van der Waals surface area contributed by atoms with Crippen LogP contribution in [-0.2, 0) is 20.9 Å². The van der Waals surface area contributed by atoms with E-state index in [0.29, 0.717) is 61.0 Å². The van der Waals surface area contributed by atoms with E-state index < -0.39 is 5.97 Å². The fourth-order valence-corrected chi connectivity index (χ4v) is 6.60. The van der Waals surface area contributed by atoms with Crippen LogP contribution >= 0.6 is 0 Å². The molecule has 2 bridgehead atoms. The number of rotatable bonds is 9. The number of ether oxygens (including phenoxy) is 3. The average molecular weight is 576 g/mol. The van der Waals surface area contributed by atoms with Gasteiger partial charge in [0.1, 0.15) is 18.1 Å². The molecule has 0 spiro atoms. The molecule has 220 valence electrons. The van der Waals surface area contributed by atoms with Crippen molar-refractivity contribution in [2.45, 2.75) is 56.2 Å². The number of carboxylic acids is 1. The predicted octanol–water partition coefficient (Wildman–Crippen LogP) is 2.83. The SMILES string of the molecule is CN(c1ccc2c(n1)OC(=O)CN2)C12CCC(CCn3c(=O)ccc4ncc(OCC5CC5C(=O)O)cc43)(CC1)OC2. The van der Waals surface area contributed by atoms with E-state index in [2.05, 4.69) is 20.2 Å². The number of fused-ring (bicyclic) bond motifs is 5. The summed E-state index contributed by atoms with van der Waals surface area (Å²) in [5, 5.41) is 12.2. The second kappa shape index (κ2) is 9.97. The third-order valence-electron chi connectivity index (χ3n) is 9.58. The van der Waals surface area contributed by atoms with Crippen molar-refractivity contribution in [3.8, 4) is 11.6 Å². The second-order valence-corrected chi connectivity index (χ2v) is 12.0. The van der Waals surface area contributed by atoms with Gasteiger partial charge in [-0.3, -0.25) is 14.6 Å². The van der Waals surface area contributed by atoms with Crippen molar-refractivity contribution >= 4 is 34.5 Å². The Hall–Kier alpha value is -4.19. The first kappa shape index (κ1) is 26.7. The molecule has 2 N–H and O–H groups in total. The van der Waals surface area contributed by atoms with E-state index in [1.54, 1.807) is 16.8 Å². The molecule has 12 heteroatoms. The Bertz CT molecular complexity index is 1610. The van der Waals surface area contributed by atoms with E-state index in [9.17, 15) is 14.4 Å². The molecule has 2 atom stereocenters. The summed E-state index contributed by atoms with van der Waals surface area (Å²) in [6, 6.07) is 8.90. The lowest BCUT2D eigenvalue weighted by atomic mass is 9.69. The van der Waals surface area contributed by atoms with Crippen LogP contribution in [0, 0.1) is 11.8 Å². The fourth-order valence-electron chi connectivity index (χ4n) is 6.60. The van der Waals surface area contributed by atoms with Gasteiger partial charge in [0.25, 0.3) is 5.56 Å². The molecule has 0 aromatic carbocycles. The normalized spacial score (nSPS) is 27.6. The van der Waals surface area contributed by atoms with Crippen LogP contribution in [0.2, 0.25) is 0 Å². The number of aryl methyl sites for hydroxylation is 1. The predicted molar refractivity (Wildman–Crippen MR) is 152 cm³/mol. The Balaban J connectivity index is 1.03. The Kier molecular flexibility index (Phi) is 6.34. The maximum Gasteiger partial charge on any atom is 0.332 e. The summed E-state index contributed by atoms with van der Waals surface area (Å²) in [6.45, 7) is 1.48. The Morgan fingerprint density at radius 1 is 1.21 bits per heavy atom. The maximum absolute atomic E-state index is 13.0. The molecule has 3 aromatic rings. The second-order valence-electron chi connectivity index (χ2n) is 12.0. The first-order valence-corrected chi connectivity index (χ1v) is 14.4. The molecule has 5 aliphatic rings. The van der Waals surface area contributed by atoms with Gasteiger partial charge in [0, 0.05) is 31.6 Å². The number of likely N-dealkylation sites (N-methyl/N-ethyl adjacent to an activating group) is 1. The van der Waals surface area contributed by atoms with Gasteiger partial charge in [-0.1, -0.05) is 0 Å². The summed E-state index contributed by atoms with van der Waals surface area (Å²) < 4.78 is 19.5. The lowest BCUT2D eigenvalue weighted by Crippen LogP contribution is -2.62. The average Bonchev–Trinajstić information content (AvgIpc) is 3.80. The number of hydrogen-bond donors (Lipinski definition) is 2. The van der Waals surface area contributed by atoms with Crippen molar-refractivity contribution < 1.29 is 28.9 Å². The van der Waals surface area contributed by atoms with Crippen LogP contribution in [0.1, 0.15) is 38.5 Å². The van der Waals surface area contributed by atoms with E-state index in [0.717, 1.165) is 31.5 Å². The van der Waals surface area contributed by atoms with Gasteiger partial charge < -0.3 is 34.1 Å². The largest absolute Gasteiger partial charge is 0.492 e. The van der Waals surface area contributed by atoms with E-state index in [1.165, 1.54) is 6.07 Å². The zero-order valence-electron chi connectivity index (χ0n) is 23.4. The molecule has 3 aliphatic heterocycles. The first-order chi connectivity index (χ1) is 20.2. The number of carbonyl (C=O) groups is 2. The Morgan fingerprint density at radius 3 is 2.79 bits per heavy atom. The highest BCUT2D eigenvalue weighted by Gasteiger charge is 2.52. The van der Waals surface area contributed by atoms with Gasteiger partial charge in [0.2, 0.25) is 5.88 Å². The summed E-state index contributed by atoms with van der Waals surface area (Å²) in [5.41, 5.74) is 1.46. The molecule has 8 rings (SSSR count). The molecule has 0 amide bonds. The highest BCUT2D eigenvalue weighted by Crippen LogP contribution is 2.49. The number of pyridine rings is 3. The third kappa shape index (κ3) is 4.73. The van der Waals surface area contributed by atoms with Crippen LogP contribution in [0.15, 0.2) is 41.3 Å². The minimum Gasteiger partial charge on any atom is -0.492 e.